The van der Waals surface area contributed by atoms with Gasteiger partial charge in [0.2, 0.25) is 11.8 Å². The molecule has 6 heterocycles. The molecule has 1 spiro atoms. The molecular formula is C45H49F3N8O6S. The summed E-state index contributed by atoms with van der Waals surface area (Å²) in [5.41, 5.74) is -0.124. The highest BCUT2D eigenvalue weighted by Gasteiger charge is 2.48. The molecule has 9 rings (SSSR count). The van der Waals surface area contributed by atoms with Crippen LogP contribution in [0, 0.1) is 17.3 Å². The number of carbonyl (C=O) groups is 5. The van der Waals surface area contributed by atoms with Gasteiger partial charge in [0.25, 0.3) is 17.7 Å². The Kier molecular flexibility index (Phi) is 11.1. The Bertz CT molecular complexity index is 2500. The molecule has 1 unspecified atom stereocenters. The smallest absolute Gasteiger partial charge is 0.386 e. The number of halogens is 3. The number of aromatic nitrogens is 2. The number of nitrogens with one attached hydrogen (secondary N) is 3. The van der Waals surface area contributed by atoms with Gasteiger partial charge in [-0.2, -0.15) is 13.2 Å². The van der Waals surface area contributed by atoms with Gasteiger partial charge in [-0.25, -0.2) is 9.97 Å². The van der Waals surface area contributed by atoms with Crippen LogP contribution >= 0.6 is 11.3 Å². The predicted octanol–water partition coefficient (Wildman–Crippen LogP) is 6.41. The number of piperidine rings is 3. The summed E-state index contributed by atoms with van der Waals surface area (Å²) in [5, 5.41) is 20.2. The van der Waals surface area contributed by atoms with E-state index in [-0.39, 0.29) is 35.3 Å². The van der Waals surface area contributed by atoms with Crippen molar-refractivity contribution in [1.82, 2.24) is 25.1 Å². The number of amides is 5. The predicted molar refractivity (Wildman–Crippen MR) is 229 cm³/mol. The molecule has 1 saturated carbocycles. The van der Waals surface area contributed by atoms with Crippen LogP contribution in [0.2, 0.25) is 0 Å². The van der Waals surface area contributed by atoms with Gasteiger partial charge in [-0.05, 0) is 126 Å². The zero-order valence-corrected chi connectivity index (χ0v) is 35.8. The maximum atomic E-state index is 13.5. The number of alkyl halides is 3. The van der Waals surface area contributed by atoms with Gasteiger partial charge in [0.05, 0.1) is 26.9 Å². The van der Waals surface area contributed by atoms with Crippen LogP contribution in [-0.4, -0.2) is 99.7 Å². The van der Waals surface area contributed by atoms with Crippen molar-refractivity contribution in [3.05, 3.63) is 76.6 Å². The van der Waals surface area contributed by atoms with E-state index in [0.717, 1.165) is 98.1 Å². The topological polar surface area (TPSA) is 177 Å². The van der Waals surface area contributed by atoms with Gasteiger partial charge in [-0.15, -0.1) is 0 Å². The van der Waals surface area contributed by atoms with E-state index in [1.165, 1.54) is 17.4 Å². The molecule has 18 heteroatoms. The fourth-order valence-corrected chi connectivity index (χ4v) is 11.2. The number of rotatable bonds is 10. The number of aliphatic hydroxyl groups is 1. The zero-order valence-electron chi connectivity index (χ0n) is 35.0. The van der Waals surface area contributed by atoms with Crippen LogP contribution in [0.5, 0.6) is 0 Å². The van der Waals surface area contributed by atoms with Gasteiger partial charge in [-0.1, -0.05) is 23.5 Å². The van der Waals surface area contributed by atoms with Crippen LogP contribution in [-0.2, 0) is 21.4 Å². The number of carbonyl (C=O) groups excluding carboxylic acids is 5. The number of thiazole rings is 1. The third-order valence-electron chi connectivity index (χ3n) is 13.5. The van der Waals surface area contributed by atoms with Crippen LogP contribution in [0.25, 0.3) is 10.2 Å². The molecule has 2 aromatic carbocycles. The van der Waals surface area contributed by atoms with Crippen molar-refractivity contribution in [2.75, 3.05) is 54.8 Å². The Morgan fingerprint density at radius 1 is 0.921 bits per heavy atom. The molecule has 4 fully saturated rings. The first-order valence-corrected chi connectivity index (χ1v) is 22.4. The third kappa shape index (κ3) is 8.52. The number of likely N-dealkylation sites (tertiary alicyclic amines) is 1. The minimum atomic E-state index is -4.70. The average Bonchev–Trinajstić information content (AvgIpc) is 3.76. The standard InChI is InChI=1S/C45H49F3N8O6S/c1-43(2,62)28-19-32-34(20-31(28)51-38(58)30-7-4-8-35(50-30)45(46,47)48)63-42(52-32)55-15-11-25(12-16-55)24-54-17-13-44(14-18-54)21-26(22-44)23-49-29-6-3-5-27-37(29)41(61)56(40(27)60)33-9-10-36(57)53-39(33)59/h3-8,19-20,25-26,33,49,62H,9-18,21-24H2,1-2H3,(H,51,58)(H,53,57,59). The molecule has 0 bridgehead atoms. The van der Waals surface area contributed by atoms with E-state index in [0.29, 0.717) is 40.6 Å². The molecule has 1 atom stereocenters. The van der Waals surface area contributed by atoms with Gasteiger partial charge in [-0.3, -0.25) is 34.2 Å². The summed E-state index contributed by atoms with van der Waals surface area (Å²) in [5.74, 6) is -1.85. The molecule has 1 aliphatic carbocycles. The Morgan fingerprint density at radius 3 is 2.35 bits per heavy atom. The van der Waals surface area contributed by atoms with Crippen molar-refractivity contribution in [2.24, 2.45) is 17.3 Å². The van der Waals surface area contributed by atoms with E-state index in [4.69, 9.17) is 4.98 Å². The highest BCUT2D eigenvalue weighted by molar-refractivity contribution is 7.22. The lowest BCUT2D eigenvalue weighted by Gasteiger charge is -2.53. The number of hydrogen-bond donors (Lipinski definition) is 4. The number of pyridine rings is 1. The van der Waals surface area contributed by atoms with Crippen molar-refractivity contribution in [3.63, 3.8) is 0 Å². The highest BCUT2D eigenvalue weighted by atomic mass is 32.1. The molecule has 4 aliphatic heterocycles. The van der Waals surface area contributed by atoms with Crippen molar-refractivity contribution < 1.29 is 42.3 Å². The molecule has 2 aromatic heterocycles. The second-order valence-electron chi connectivity index (χ2n) is 18.3. The Morgan fingerprint density at radius 2 is 1.65 bits per heavy atom. The lowest BCUT2D eigenvalue weighted by Crippen LogP contribution is -2.54. The minimum Gasteiger partial charge on any atom is -0.386 e. The monoisotopic (exact) mass is 886 g/mol. The first kappa shape index (κ1) is 42.8. The zero-order chi connectivity index (χ0) is 44.4. The maximum Gasteiger partial charge on any atom is 0.433 e. The van der Waals surface area contributed by atoms with Gasteiger partial charge in [0.15, 0.2) is 5.13 Å². The van der Waals surface area contributed by atoms with Gasteiger partial charge in [0.1, 0.15) is 17.4 Å². The molecule has 5 amide bonds. The fourth-order valence-electron chi connectivity index (χ4n) is 10.1. The number of fused-ring (bicyclic) bond motifs is 2. The highest BCUT2D eigenvalue weighted by Crippen LogP contribution is 2.53. The van der Waals surface area contributed by atoms with Crippen LogP contribution in [0.3, 0.4) is 0 Å². The number of benzene rings is 2. The average molecular weight is 887 g/mol. The molecule has 5 aliphatic rings. The molecule has 0 radical (unpaired) electrons. The maximum absolute atomic E-state index is 13.5. The second kappa shape index (κ2) is 16.3. The first-order valence-electron chi connectivity index (χ1n) is 21.5. The van der Waals surface area contributed by atoms with Crippen molar-refractivity contribution in [1.29, 1.82) is 0 Å². The summed E-state index contributed by atoms with van der Waals surface area (Å²) < 4.78 is 40.6. The Hall–Kier alpha value is -5.46. The molecule has 63 heavy (non-hydrogen) atoms. The van der Waals surface area contributed by atoms with Crippen molar-refractivity contribution >= 4 is 67.6 Å². The molecule has 3 saturated heterocycles. The fraction of sp³-hybridized carbons (Fsp3) is 0.489. The minimum absolute atomic E-state index is 0.0749. The van der Waals surface area contributed by atoms with Gasteiger partial charge < -0.3 is 25.5 Å². The summed E-state index contributed by atoms with van der Waals surface area (Å²) in [7, 11) is 0. The van der Waals surface area contributed by atoms with Crippen LogP contribution in [0.15, 0.2) is 48.5 Å². The summed E-state index contributed by atoms with van der Waals surface area (Å²) in [6.07, 6.45) is 2.05. The number of nitrogens with zero attached hydrogens (tertiary/aromatic N) is 5. The van der Waals surface area contributed by atoms with Gasteiger partial charge >= 0.3 is 6.18 Å². The lowest BCUT2D eigenvalue weighted by atomic mass is 9.57. The molecule has 14 nitrogen and oxygen atoms in total. The van der Waals surface area contributed by atoms with E-state index in [1.807, 2.05) is 0 Å². The summed E-state index contributed by atoms with van der Waals surface area (Å²) in [4.78, 5) is 78.3. The normalized spacial score (nSPS) is 21.2. The van der Waals surface area contributed by atoms with Crippen LogP contribution in [0.1, 0.15) is 108 Å². The van der Waals surface area contributed by atoms with Crippen molar-refractivity contribution in [3.8, 4) is 0 Å². The SMILES string of the molecule is CC(C)(O)c1cc2nc(N3CCC(CN4CCC5(CC4)CC(CNc4cccc6c4C(=O)N(C4CCC(=O)NC4=O)C6=O)C5)CC3)sc2cc1NC(=O)c1cccc(C(F)(F)F)n1. The third-order valence-corrected chi connectivity index (χ3v) is 14.6. The van der Waals surface area contributed by atoms with E-state index in [2.05, 4.69) is 30.7 Å². The summed E-state index contributed by atoms with van der Waals surface area (Å²) in [6.45, 7) is 8.70. The molecule has 4 N–H and O–H groups in total. The van der Waals surface area contributed by atoms with Crippen LogP contribution in [0.4, 0.5) is 29.7 Å². The molecule has 332 valence electrons. The quantitative estimate of drug-likeness (QED) is 0.130. The first-order chi connectivity index (χ1) is 29.9. The summed E-state index contributed by atoms with van der Waals surface area (Å²) in [6, 6.07) is 10.8. The van der Waals surface area contributed by atoms with E-state index in [1.54, 1.807) is 44.2 Å². The van der Waals surface area contributed by atoms with Crippen molar-refractivity contribution in [2.45, 2.75) is 83.0 Å². The molecular weight excluding hydrogens is 838 g/mol. The second-order valence-corrected chi connectivity index (χ2v) is 19.4. The number of anilines is 3. The van der Waals surface area contributed by atoms with E-state index < -0.39 is 53.0 Å². The molecule has 4 aromatic rings. The largest absolute Gasteiger partial charge is 0.433 e. The van der Waals surface area contributed by atoms with E-state index >= 15 is 0 Å². The summed E-state index contributed by atoms with van der Waals surface area (Å²) >= 11 is 1.47. The van der Waals surface area contributed by atoms with Gasteiger partial charge in [0, 0.05) is 49.5 Å². The van der Waals surface area contributed by atoms with E-state index in [9.17, 15) is 42.3 Å². The number of imide groups is 2. The lowest BCUT2D eigenvalue weighted by molar-refractivity contribution is -0.141. The number of hydrogen-bond acceptors (Lipinski definition) is 12. The Balaban J connectivity index is 0.748. The van der Waals surface area contributed by atoms with Crippen LogP contribution < -0.4 is 20.9 Å². The Labute approximate surface area is 365 Å².